The lowest BCUT2D eigenvalue weighted by atomic mass is 10.1. The molecule has 22 heavy (non-hydrogen) atoms. The second-order valence-electron chi connectivity index (χ2n) is 4.96. The molecule has 120 valence electrons. The number of pyridine rings is 1. The Bertz CT molecular complexity index is 584. The van der Waals surface area contributed by atoms with Crippen molar-refractivity contribution >= 4 is 36.4 Å². The highest BCUT2D eigenvalue weighted by molar-refractivity contribution is 5.92. The summed E-state index contributed by atoms with van der Waals surface area (Å²) in [6.45, 7) is 2.35. The van der Waals surface area contributed by atoms with Crippen molar-refractivity contribution in [2.45, 2.75) is 13.0 Å². The number of carbonyl (C=O) groups is 1. The summed E-state index contributed by atoms with van der Waals surface area (Å²) < 4.78 is 1.80. The molecule has 1 atom stereocenters. The number of aromatic nitrogens is 3. The Morgan fingerprint density at radius 1 is 1.36 bits per heavy atom. The van der Waals surface area contributed by atoms with E-state index < -0.39 is 0 Å². The molecule has 8 heteroatoms. The highest BCUT2D eigenvalue weighted by Gasteiger charge is 2.22. The maximum absolute atomic E-state index is 12.0. The predicted octanol–water partition coefficient (Wildman–Crippen LogP) is 1.72. The molecule has 2 aromatic rings. The van der Waals surface area contributed by atoms with Crippen molar-refractivity contribution in [2.24, 2.45) is 5.92 Å². The fraction of sp³-hybridized carbons (Fsp3) is 0.357. The fourth-order valence-electron chi connectivity index (χ4n) is 2.31. The largest absolute Gasteiger partial charge is 0.323 e. The summed E-state index contributed by atoms with van der Waals surface area (Å²) in [5, 5.41) is 10.4. The van der Waals surface area contributed by atoms with Gasteiger partial charge in [-0.15, -0.1) is 24.8 Å². The molecule has 0 spiro atoms. The number of amides is 1. The van der Waals surface area contributed by atoms with Gasteiger partial charge in [-0.2, -0.15) is 5.10 Å². The van der Waals surface area contributed by atoms with E-state index in [1.54, 1.807) is 23.3 Å². The van der Waals surface area contributed by atoms with Crippen molar-refractivity contribution in [3.05, 3.63) is 42.5 Å². The van der Waals surface area contributed by atoms with Gasteiger partial charge in [-0.3, -0.25) is 14.5 Å². The summed E-state index contributed by atoms with van der Waals surface area (Å²) in [4.78, 5) is 16.0. The van der Waals surface area contributed by atoms with Crippen LogP contribution in [-0.4, -0.2) is 33.8 Å². The topological polar surface area (TPSA) is 71.8 Å². The Labute approximate surface area is 141 Å². The number of rotatable bonds is 4. The minimum Gasteiger partial charge on any atom is -0.323 e. The van der Waals surface area contributed by atoms with Gasteiger partial charge < -0.3 is 10.6 Å². The number of anilines is 1. The average molecular weight is 344 g/mol. The molecule has 1 unspecified atom stereocenters. The van der Waals surface area contributed by atoms with Crippen LogP contribution in [0.2, 0.25) is 0 Å². The maximum Gasteiger partial charge on any atom is 0.228 e. The molecule has 3 rings (SSSR count). The van der Waals surface area contributed by atoms with E-state index in [1.165, 1.54) is 0 Å². The van der Waals surface area contributed by atoms with Gasteiger partial charge in [0, 0.05) is 25.1 Å². The number of halogens is 2. The zero-order valence-electron chi connectivity index (χ0n) is 11.9. The summed E-state index contributed by atoms with van der Waals surface area (Å²) >= 11 is 0. The minimum absolute atomic E-state index is 0. The molecule has 1 saturated heterocycles. The van der Waals surface area contributed by atoms with Crippen LogP contribution in [0.4, 0.5) is 5.69 Å². The van der Waals surface area contributed by atoms with Gasteiger partial charge in [-0.25, -0.2) is 0 Å². The van der Waals surface area contributed by atoms with Crippen molar-refractivity contribution in [1.29, 1.82) is 0 Å². The van der Waals surface area contributed by atoms with E-state index in [2.05, 4.69) is 20.7 Å². The second kappa shape index (κ2) is 8.73. The smallest absolute Gasteiger partial charge is 0.228 e. The van der Waals surface area contributed by atoms with E-state index in [0.717, 1.165) is 30.8 Å². The first-order valence-corrected chi connectivity index (χ1v) is 6.74. The third kappa shape index (κ3) is 4.69. The summed E-state index contributed by atoms with van der Waals surface area (Å²) in [7, 11) is 0. The molecule has 0 aliphatic carbocycles. The third-order valence-corrected chi connectivity index (χ3v) is 3.43. The molecular formula is C14H19Cl2N5O. The van der Waals surface area contributed by atoms with Crippen molar-refractivity contribution in [3.8, 4) is 0 Å². The molecule has 3 heterocycles. The number of nitrogens with one attached hydrogen (secondary N) is 2. The zero-order valence-corrected chi connectivity index (χ0v) is 13.6. The molecular weight excluding hydrogens is 325 g/mol. The van der Waals surface area contributed by atoms with E-state index in [1.807, 2.05) is 18.3 Å². The monoisotopic (exact) mass is 343 g/mol. The van der Waals surface area contributed by atoms with Crippen molar-refractivity contribution < 1.29 is 4.79 Å². The van der Waals surface area contributed by atoms with Crippen LogP contribution in [0.1, 0.15) is 12.0 Å². The number of carbonyl (C=O) groups excluding carboxylic acids is 1. The molecule has 1 fully saturated rings. The van der Waals surface area contributed by atoms with Crippen LogP contribution >= 0.6 is 24.8 Å². The number of hydrogen-bond acceptors (Lipinski definition) is 4. The standard InChI is InChI=1S/C14H17N5O.2ClH/c20-14(12-3-6-16-7-12)18-13-8-17-19(10-13)9-11-1-4-15-5-2-11;;/h1-2,4-5,8,10,12,16H,3,6-7,9H2,(H,18,20);2*1H. The van der Waals surface area contributed by atoms with Gasteiger partial charge >= 0.3 is 0 Å². The predicted molar refractivity (Wildman–Crippen MR) is 89.7 cm³/mol. The molecule has 1 aliphatic heterocycles. The van der Waals surface area contributed by atoms with E-state index in [-0.39, 0.29) is 36.6 Å². The van der Waals surface area contributed by atoms with Gasteiger partial charge in [0.2, 0.25) is 5.91 Å². The van der Waals surface area contributed by atoms with E-state index in [9.17, 15) is 4.79 Å². The molecule has 0 radical (unpaired) electrons. The number of hydrogen-bond donors (Lipinski definition) is 2. The van der Waals surface area contributed by atoms with Gasteiger partial charge in [-0.1, -0.05) is 0 Å². The van der Waals surface area contributed by atoms with Crippen LogP contribution < -0.4 is 10.6 Å². The van der Waals surface area contributed by atoms with Gasteiger partial charge in [0.25, 0.3) is 0 Å². The van der Waals surface area contributed by atoms with Crippen LogP contribution in [0, 0.1) is 5.92 Å². The first kappa shape index (κ1) is 18.4. The fourth-order valence-corrected chi connectivity index (χ4v) is 2.31. The molecule has 0 aromatic carbocycles. The molecule has 1 amide bonds. The Balaban J connectivity index is 0.00000121. The van der Waals surface area contributed by atoms with E-state index in [4.69, 9.17) is 0 Å². The summed E-state index contributed by atoms with van der Waals surface area (Å²) in [5.74, 6) is 0.136. The first-order chi connectivity index (χ1) is 9.81. The third-order valence-electron chi connectivity index (χ3n) is 3.43. The second-order valence-corrected chi connectivity index (χ2v) is 4.96. The molecule has 6 nitrogen and oxygen atoms in total. The number of nitrogens with zero attached hydrogens (tertiary/aromatic N) is 3. The van der Waals surface area contributed by atoms with Crippen LogP contribution in [0.25, 0.3) is 0 Å². The lowest BCUT2D eigenvalue weighted by Gasteiger charge is -2.07. The Morgan fingerprint density at radius 3 is 2.82 bits per heavy atom. The van der Waals surface area contributed by atoms with Crippen LogP contribution in [0.15, 0.2) is 36.9 Å². The van der Waals surface area contributed by atoms with Gasteiger partial charge in [0.15, 0.2) is 0 Å². The Kier molecular flexibility index (Phi) is 7.31. The highest BCUT2D eigenvalue weighted by Crippen LogP contribution is 2.13. The lowest BCUT2D eigenvalue weighted by molar-refractivity contribution is -0.119. The highest BCUT2D eigenvalue weighted by atomic mass is 35.5. The summed E-state index contributed by atoms with van der Waals surface area (Å²) in [6.07, 6.45) is 7.95. The summed E-state index contributed by atoms with van der Waals surface area (Å²) in [5.41, 5.74) is 1.87. The van der Waals surface area contributed by atoms with E-state index in [0.29, 0.717) is 6.54 Å². The van der Waals surface area contributed by atoms with Gasteiger partial charge in [0.1, 0.15) is 0 Å². The molecule has 0 bridgehead atoms. The minimum atomic E-state index is 0. The van der Waals surface area contributed by atoms with Gasteiger partial charge in [0.05, 0.1) is 24.3 Å². The lowest BCUT2D eigenvalue weighted by Crippen LogP contribution is -2.24. The normalized spacial score (nSPS) is 16.5. The molecule has 1 aliphatic rings. The Hall–Kier alpha value is -1.63. The van der Waals surface area contributed by atoms with Crippen LogP contribution in [0.5, 0.6) is 0 Å². The first-order valence-electron chi connectivity index (χ1n) is 6.74. The quantitative estimate of drug-likeness (QED) is 0.886. The van der Waals surface area contributed by atoms with Gasteiger partial charge in [-0.05, 0) is 30.7 Å². The van der Waals surface area contributed by atoms with E-state index >= 15 is 0 Å². The van der Waals surface area contributed by atoms with Crippen LogP contribution in [-0.2, 0) is 11.3 Å². The Morgan fingerprint density at radius 2 is 2.14 bits per heavy atom. The maximum atomic E-state index is 12.0. The summed E-state index contributed by atoms with van der Waals surface area (Å²) in [6, 6.07) is 3.90. The van der Waals surface area contributed by atoms with Crippen molar-refractivity contribution in [3.63, 3.8) is 0 Å². The van der Waals surface area contributed by atoms with Crippen molar-refractivity contribution in [2.75, 3.05) is 18.4 Å². The van der Waals surface area contributed by atoms with Crippen molar-refractivity contribution in [1.82, 2.24) is 20.1 Å². The van der Waals surface area contributed by atoms with Crippen LogP contribution in [0.3, 0.4) is 0 Å². The molecule has 2 N–H and O–H groups in total. The molecule has 0 saturated carbocycles. The SMILES string of the molecule is Cl.Cl.O=C(Nc1cnn(Cc2ccncc2)c1)C1CCNC1. The molecule has 2 aromatic heterocycles. The average Bonchev–Trinajstić information content (AvgIpc) is 3.11. The zero-order chi connectivity index (χ0) is 13.8.